The summed E-state index contributed by atoms with van der Waals surface area (Å²) < 4.78 is 136. The fourth-order valence-corrected chi connectivity index (χ4v) is 6.35. The molecule has 6 aromatic heterocycles. The predicted molar refractivity (Wildman–Crippen MR) is 416 cm³/mol. The van der Waals surface area contributed by atoms with Crippen LogP contribution in [0, 0.1) is 41.0 Å². The van der Waals surface area contributed by atoms with Gasteiger partial charge in [-0.05, 0) is 106 Å². The summed E-state index contributed by atoms with van der Waals surface area (Å²) in [6.07, 6.45) is 9.71. The van der Waals surface area contributed by atoms with Gasteiger partial charge in [0.05, 0.1) is 35.8 Å². The van der Waals surface area contributed by atoms with E-state index in [9.17, 15) is 90.0 Å². The molecule has 0 bridgehead atoms. The molecule has 816 valence electrons. The van der Waals surface area contributed by atoms with Crippen molar-refractivity contribution in [3.63, 3.8) is 0 Å². The number of carboxylic acids is 6. The maximum absolute atomic E-state index is 10.1. The molecule has 6 heterocycles. The van der Waals surface area contributed by atoms with Crippen LogP contribution in [-0.2, 0) is 158 Å². The van der Waals surface area contributed by atoms with E-state index in [0.29, 0.717) is 34.2 Å². The van der Waals surface area contributed by atoms with Crippen LogP contribution < -0.4 is 136 Å². The molecule has 6 aromatic carbocycles. The molecule has 0 atom stereocenters. The number of nitrogens with zero attached hydrogens (tertiary/aromatic N) is 6. The third-order valence-corrected chi connectivity index (χ3v) is 11.3. The van der Waals surface area contributed by atoms with Gasteiger partial charge < -0.3 is 183 Å². The van der Waals surface area contributed by atoms with Gasteiger partial charge in [0, 0.05) is 71.3 Å². The van der Waals surface area contributed by atoms with Gasteiger partial charge in [-0.3, -0.25) is 29.9 Å². The van der Waals surface area contributed by atoms with Crippen molar-refractivity contribution in [2.45, 2.75) is 39.6 Å². The van der Waals surface area contributed by atoms with E-state index in [1.807, 2.05) is 0 Å². The predicted octanol–water partition coefficient (Wildman–Crippen LogP) is -31.8. The Bertz CT molecular complexity index is 3830. The molecule has 0 spiro atoms. The molecule has 147 heavy (non-hydrogen) atoms. The second-order valence-corrected chi connectivity index (χ2v) is 23.2. The van der Waals surface area contributed by atoms with Crippen LogP contribution in [0.2, 0.25) is 0 Å². The van der Waals surface area contributed by atoms with Crippen LogP contribution in [0.4, 0.5) is 0 Å². The van der Waals surface area contributed by atoms with Crippen molar-refractivity contribution < 1.29 is 401 Å². The van der Waals surface area contributed by atoms with E-state index < -0.39 is 76.8 Å². The standard InChI is InChI=1S/6C7H6O2.6C6H6NO.2Ca.4ClHO4.6Mn.14H2O.3O/c6*8-7(9)6-4-2-1-3-5-6;6*8-5-6-3-1-2-4-7-6;;;4*2-1(3,4)5;;;;;;;;;;;;;;;;;;;;;;;/h6*1-5H,(H,8,9);6*1-4H,5H2;;;4*(H,2,3,4,5);;;;;;;14*1H2;;;/q;;;;;;6*-1;2*+2;;;;;6*+3;;;;;;;;;;;;;;;3*-2/p-10. The van der Waals surface area contributed by atoms with Gasteiger partial charge in [0.1, 0.15) is 0 Å². The normalized spacial score (nSPS) is 7.88. The van der Waals surface area contributed by atoms with Crippen LogP contribution in [0.1, 0.15) is 96.3 Å². The topological polar surface area (TPSA) is 1350 Å². The van der Waals surface area contributed by atoms with Gasteiger partial charge in [-0.25, -0.2) is 74.5 Å². The summed E-state index contributed by atoms with van der Waals surface area (Å²) in [7, 11) is -19.8. The molecule has 69 heteroatoms. The Kier molecular flexibility index (Phi) is 209. The number of hydrogen-bond donors (Lipinski definition) is 0. The van der Waals surface area contributed by atoms with E-state index in [4.69, 9.17) is 74.5 Å². The Labute approximate surface area is 968 Å². The first-order valence-electron chi connectivity index (χ1n) is 32.4. The Morgan fingerprint density at radius 3 is 0.286 bits per heavy atom. The maximum Gasteiger partial charge on any atom is 3.00 e. The van der Waals surface area contributed by atoms with Crippen molar-refractivity contribution in [1.29, 1.82) is 0 Å². The number of halogens is 4. The molecule has 0 radical (unpaired) electrons. The summed E-state index contributed by atoms with van der Waals surface area (Å²) in [6.45, 7) is -1.33. The third kappa shape index (κ3) is 166. The molecule has 28 N–H and O–H groups in total. The van der Waals surface area contributed by atoms with E-state index in [0.717, 1.165) is 0 Å². The average Bonchev–Trinajstić information content (AvgIpc) is 0.944. The number of aromatic carboxylic acids is 6. The summed E-state index contributed by atoms with van der Waals surface area (Å²) in [5.41, 5.74) is 4.94. The zero-order chi connectivity index (χ0) is 93.1. The van der Waals surface area contributed by atoms with Crippen LogP contribution in [0.15, 0.2) is 328 Å². The van der Waals surface area contributed by atoms with Gasteiger partial charge >= 0.3 is 178 Å². The number of carboxylic acid groups (broad SMARTS) is 6. The summed E-state index contributed by atoms with van der Waals surface area (Å²) in [6, 6.07) is 80.2. The molecule has 0 fully saturated rings. The largest absolute Gasteiger partial charge is 3.00 e. The zero-order valence-corrected chi connectivity index (χ0v) is 88.9. The summed E-state index contributed by atoms with van der Waals surface area (Å²) in [5.74, 6) is -6.77. The molecule has 0 aliphatic heterocycles. The number of carbonyl (C=O) groups is 6. The number of carbonyl (C=O) groups excluding carboxylic acids is 6. The van der Waals surface area contributed by atoms with E-state index in [1.54, 1.807) is 256 Å². The fourth-order valence-electron chi connectivity index (χ4n) is 6.35. The SMILES string of the molecule is O.O.O.O.O.O.O.O.O.O.O.O.O.O.O=C([O-])c1ccccc1.O=C([O-])c1ccccc1.O=C([O-])c1ccccc1.O=C([O-])c1ccccc1.O=C([O-])c1ccccc1.O=C([O-])c1ccccc1.[Ca+2].[Ca+2].[Mn+3].[Mn+3].[Mn+3].[Mn+3].[Mn+3].[Mn+3].[O-2].[O-2].[O-2].[O-]Cc1ccccn1.[O-]Cc1ccccn1.[O-]Cc1ccccn1.[O-]Cc1ccccn1.[O-]Cc1ccccn1.[O-]Cc1ccccn1.[O-][Cl+3]([O-])([O-])[O-].[O-][Cl+3]([O-])([O-])[O-].[O-][Cl+3]([O-])([O-])[O-].[O-][Cl+3]([O-])([O-])[O-]. The van der Waals surface area contributed by atoms with E-state index in [-0.39, 0.29) is 344 Å². The number of hydrogen-bond acceptors (Lipinski definition) is 40. The molecule has 0 unspecified atom stereocenters. The van der Waals surface area contributed by atoms with E-state index in [2.05, 4.69) is 29.9 Å². The second kappa shape index (κ2) is 140. The third-order valence-electron chi connectivity index (χ3n) is 11.3. The van der Waals surface area contributed by atoms with Crippen LogP contribution in [-0.4, -0.2) is 218 Å². The van der Waals surface area contributed by atoms with Crippen LogP contribution >= 0.6 is 0 Å². The molecule has 12 rings (SSSR count). The first-order valence-corrected chi connectivity index (χ1v) is 37.3. The second-order valence-electron chi connectivity index (χ2n) is 20.2. The van der Waals surface area contributed by atoms with Gasteiger partial charge in [0.15, 0.2) is 0 Å². The van der Waals surface area contributed by atoms with Gasteiger partial charge in [-0.2, -0.15) is 0 Å². The minimum atomic E-state index is -4.94. The van der Waals surface area contributed by atoms with E-state index >= 15 is 0 Å². The summed E-state index contributed by atoms with van der Waals surface area (Å²) >= 11 is 0. The average molecular weight is 2480 g/mol. The Morgan fingerprint density at radius 1 is 0.170 bits per heavy atom. The summed E-state index contributed by atoms with van der Waals surface area (Å²) in [4.78, 5) is 83.2. The molecule has 12 aromatic rings. The minimum Gasteiger partial charge on any atom is -2.00 e. The van der Waals surface area contributed by atoms with Crippen molar-refractivity contribution in [3.05, 3.63) is 396 Å². The van der Waals surface area contributed by atoms with Gasteiger partial charge in [0.2, 0.25) is 0 Å². The maximum atomic E-state index is 10.1. The number of pyridine rings is 6. The van der Waals surface area contributed by atoms with Gasteiger partial charge in [0.25, 0.3) is 0 Å². The Morgan fingerprint density at radius 2 is 0.245 bits per heavy atom. The number of benzene rings is 6. The van der Waals surface area contributed by atoms with Crippen molar-refractivity contribution in [3.8, 4) is 0 Å². The number of aromatic nitrogens is 6. The minimum absolute atomic E-state index is 0. The molecule has 0 aliphatic carbocycles. The summed E-state index contributed by atoms with van der Waals surface area (Å²) in [5, 5.41) is 121. The Hall–Kier alpha value is -7.72. The molecule has 0 saturated carbocycles. The van der Waals surface area contributed by atoms with Gasteiger partial charge in [-0.15, -0.1) is 41.0 Å². The van der Waals surface area contributed by atoms with E-state index in [1.165, 1.54) is 72.8 Å². The van der Waals surface area contributed by atoms with Crippen molar-refractivity contribution in [2.75, 3.05) is 0 Å². The smallest absolute Gasteiger partial charge is 2.00 e. The number of rotatable bonds is 12. The molecular formula is C78H94Ca2Cl4Mn6N6O51. The molecule has 0 amide bonds. The molecule has 57 nitrogen and oxygen atoms in total. The van der Waals surface area contributed by atoms with Crippen LogP contribution in [0.5, 0.6) is 0 Å². The fraction of sp³-hybridized carbons (Fsp3) is 0.0769. The van der Waals surface area contributed by atoms with Crippen LogP contribution in [0.3, 0.4) is 0 Å². The molecule has 0 aliphatic rings. The molecule has 0 saturated heterocycles. The van der Waals surface area contributed by atoms with Crippen molar-refractivity contribution in [1.82, 2.24) is 29.9 Å². The first kappa shape index (κ1) is 219. The van der Waals surface area contributed by atoms with Crippen molar-refractivity contribution in [2.24, 2.45) is 0 Å². The van der Waals surface area contributed by atoms with Crippen molar-refractivity contribution >= 4 is 111 Å². The first-order chi connectivity index (χ1) is 57.4. The van der Waals surface area contributed by atoms with Crippen LogP contribution in [0.25, 0.3) is 0 Å². The quantitative estimate of drug-likeness (QED) is 0.103. The zero-order valence-electron chi connectivity index (χ0n) is 74.4. The Balaban J connectivity index is -0.0000000371. The van der Waals surface area contributed by atoms with Gasteiger partial charge in [-0.1, -0.05) is 258 Å². The molecular weight excluding hydrogens is 2390 g/mol. The monoisotopic (exact) mass is 2480 g/mol.